The minimum atomic E-state index is 0.0482. The molecular weight excluding hydrogens is 542 g/mol. The molecule has 0 saturated heterocycles. The van der Waals surface area contributed by atoms with E-state index in [2.05, 4.69) is 90.6 Å². The molecule has 210 valence electrons. The summed E-state index contributed by atoms with van der Waals surface area (Å²) in [6, 6.07) is 25.1. The largest absolute Gasteiger partial charge is 0.321 e. The van der Waals surface area contributed by atoms with E-state index in [0.717, 1.165) is 63.3 Å². The van der Waals surface area contributed by atoms with E-state index in [4.69, 9.17) is 0 Å². The highest BCUT2D eigenvalue weighted by molar-refractivity contribution is 7.09. The molecule has 1 N–H and O–H groups in total. The number of imidazole rings is 1. The number of nitrogens with zero attached hydrogens (tertiary/aromatic N) is 6. The first-order valence-corrected chi connectivity index (χ1v) is 15.1. The summed E-state index contributed by atoms with van der Waals surface area (Å²) >= 11 is 1.58. The standard InChI is InChI=1S/C33H31N7OS/c1-2-3-9-27-21-35-33(30(41)16-17-31-34-18-19-42-31)40(27)22-23-10-12-25(13-11-23)29-20-26(24-7-5-4-6-8-24)14-15-28(29)32-36-38-39-37-32/h4-8,10-15,18-21H,2-3,9,16-17,22H2,1H3,(H,36,37,38,39). The van der Waals surface area contributed by atoms with Crippen LogP contribution in [0.15, 0.2) is 90.6 Å². The fourth-order valence-electron chi connectivity index (χ4n) is 5.11. The Balaban J connectivity index is 1.29. The molecule has 0 saturated carbocycles. The van der Waals surface area contributed by atoms with Gasteiger partial charge in [-0.25, -0.2) is 9.97 Å². The average Bonchev–Trinajstić information content (AvgIpc) is 3.83. The molecule has 0 fully saturated rings. The molecule has 3 aromatic heterocycles. The Morgan fingerprint density at radius 2 is 1.74 bits per heavy atom. The molecule has 0 atom stereocenters. The van der Waals surface area contributed by atoms with Crippen molar-refractivity contribution in [2.75, 3.05) is 0 Å². The minimum Gasteiger partial charge on any atom is -0.321 e. The molecule has 3 aromatic carbocycles. The third-order valence-electron chi connectivity index (χ3n) is 7.34. The van der Waals surface area contributed by atoms with Gasteiger partial charge in [0.2, 0.25) is 5.82 Å². The van der Waals surface area contributed by atoms with E-state index in [0.29, 0.717) is 31.0 Å². The van der Waals surface area contributed by atoms with Crippen LogP contribution in [-0.4, -0.2) is 40.9 Å². The number of aromatic nitrogens is 7. The molecule has 0 aliphatic rings. The third kappa shape index (κ3) is 6.11. The number of aryl methyl sites for hydroxylation is 2. The first-order valence-electron chi connectivity index (χ1n) is 14.2. The Morgan fingerprint density at radius 3 is 2.48 bits per heavy atom. The van der Waals surface area contributed by atoms with Crippen LogP contribution in [0.1, 0.15) is 53.1 Å². The number of Topliss-reactive ketones (excluding diaryl/α,β-unsaturated/α-hetero) is 1. The van der Waals surface area contributed by atoms with Gasteiger partial charge in [-0.15, -0.1) is 21.5 Å². The van der Waals surface area contributed by atoms with Crippen LogP contribution in [-0.2, 0) is 19.4 Å². The van der Waals surface area contributed by atoms with Crippen molar-refractivity contribution < 1.29 is 4.79 Å². The zero-order valence-electron chi connectivity index (χ0n) is 23.4. The number of carbonyl (C=O) groups excluding carboxylic acids is 1. The van der Waals surface area contributed by atoms with Gasteiger partial charge in [-0.05, 0) is 58.0 Å². The molecule has 6 rings (SSSR count). The molecule has 8 nitrogen and oxygen atoms in total. The predicted molar refractivity (Wildman–Crippen MR) is 165 cm³/mol. The Labute approximate surface area is 248 Å². The lowest BCUT2D eigenvalue weighted by atomic mass is 9.93. The quantitative estimate of drug-likeness (QED) is 0.157. The van der Waals surface area contributed by atoms with Gasteiger partial charge < -0.3 is 4.57 Å². The number of hydrogen-bond acceptors (Lipinski definition) is 7. The van der Waals surface area contributed by atoms with Gasteiger partial charge in [0, 0.05) is 48.4 Å². The Bertz CT molecular complexity index is 1740. The van der Waals surface area contributed by atoms with E-state index >= 15 is 0 Å². The van der Waals surface area contributed by atoms with Crippen molar-refractivity contribution in [3.63, 3.8) is 0 Å². The van der Waals surface area contributed by atoms with Gasteiger partial charge >= 0.3 is 0 Å². The van der Waals surface area contributed by atoms with Crippen LogP contribution in [0.4, 0.5) is 0 Å². The number of thiazole rings is 1. The van der Waals surface area contributed by atoms with E-state index in [-0.39, 0.29) is 5.78 Å². The minimum absolute atomic E-state index is 0.0482. The molecule has 0 bridgehead atoms. The van der Waals surface area contributed by atoms with E-state index in [1.165, 1.54) is 0 Å². The number of H-pyrrole nitrogens is 1. The number of aromatic amines is 1. The van der Waals surface area contributed by atoms with E-state index < -0.39 is 0 Å². The Kier molecular flexibility index (Phi) is 8.37. The molecule has 6 aromatic rings. The summed E-state index contributed by atoms with van der Waals surface area (Å²) in [4.78, 5) is 22.2. The summed E-state index contributed by atoms with van der Waals surface area (Å²) in [6.45, 7) is 2.76. The molecule has 0 radical (unpaired) electrons. The van der Waals surface area contributed by atoms with Crippen LogP contribution in [0.5, 0.6) is 0 Å². The van der Waals surface area contributed by atoms with Crippen LogP contribution in [0.25, 0.3) is 33.6 Å². The second-order valence-electron chi connectivity index (χ2n) is 10.2. The number of tetrazole rings is 1. The molecule has 0 unspecified atom stereocenters. The van der Waals surface area contributed by atoms with Crippen LogP contribution in [0, 0.1) is 0 Å². The summed E-state index contributed by atoms with van der Waals surface area (Å²) in [5, 5.41) is 17.7. The number of carbonyl (C=O) groups is 1. The molecule has 9 heteroatoms. The number of nitrogens with one attached hydrogen (secondary N) is 1. The Morgan fingerprint density at radius 1 is 0.905 bits per heavy atom. The summed E-state index contributed by atoms with van der Waals surface area (Å²) in [5.74, 6) is 1.12. The highest BCUT2D eigenvalue weighted by Crippen LogP contribution is 2.34. The molecule has 0 aliphatic carbocycles. The van der Waals surface area contributed by atoms with Gasteiger partial charge in [-0.1, -0.05) is 74.0 Å². The molecule has 0 aliphatic heterocycles. The molecule has 0 amide bonds. The lowest BCUT2D eigenvalue weighted by Crippen LogP contribution is -2.14. The molecular formula is C33H31N7OS. The van der Waals surface area contributed by atoms with Gasteiger partial charge in [0.1, 0.15) is 0 Å². The van der Waals surface area contributed by atoms with Gasteiger partial charge in [0.15, 0.2) is 11.6 Å². The maximum absolute atomic E-state index is 13.3. The van der Waals surface area contributed by atoms with Crippen molar-refractivity contribution in [3.8, 4) is 33.6 Å². The van der Waals surface area contributed by atoms with E-state index in [1.807, 2.05) is 35.8 Å². The summed E-state index contributed by atoms with van der Waals surface area (Å²) in [7, 11) is 0. The summed E-state index contributed by atoms with van der Waals surface area (Å²) in [6.07, 6.45) is 7.70. The normalized spacial score (nSPS) is 11.2. The van der Waals surface area contributed by atoms with Crippen LogP contribution in [0.2, 0.25) is 0 Å². The smallest absolute Gasteiger partial charge is 0.205 e. The predicted octanol–water partition coefficient (Wildman–Crippen LogP) is 7.06. The number of benzene rings is 3. The zero-order chi connectivity index (χ0) is 28.7. The lowest BCUT2D eigenvalue weighted by molar-refractivity contribution is 0.0968. The fourth-order valence-corrected chi connectivity index (χ4v) is 5.73. The van der Waals surface area contributed by atoms with Crippen LogP contribution < -0.4 is 0 Å². The van der Waals surface area contributed by atoms with Crippen molar-refractivity contribution in [3.05, 3.63) is 113 Å². The van der Waals surface area contributed by atoms with Crippen molar-refractivity contribution >= 4 is 17.1 Å². The van der Waals surface area contributed by atoms with Crippen molar-refractivity contribution in [1.29, 1.82) is 0 Å². The Hall–Kier alpha value is -4.76. The number of rotatable bonds is 12. The van der Waals surface area contributed by atoms with Crippen molar-refractivity contribution in [2.45, 2.75) is 45.6 Å². The SMILES string of the molecule is CCCCc1cnc(C(=O)CCc2nccs2)n1Cc1ccc(-c2cc(-c3ccccc3)ccc2-c2nn[nH]n2)cc1. The molecule has 3 heterocycles. The number of unbranched alkanes of at least 4 members (excludes halogenated alkanes) is 1. The fraction of sp³-hybridized carbons (Fsp3) is 0.212. The molecule has 0 spiro atoms. The van der Waals surface area contributed by atoms with E-state index in [9.17, 15) is 4.79 Å². The second kappa shape index (κ2) is 12.8. The number of hydrogen-bond donors (Lipinski definition) is 1. The second-order valence-corrected chi connectivity index (χ2v) is 11.1. The highest BCUT2D eigenvalue weighted by Gasteiger charge is 2.18. The third-order valence-corrected chi connectivity index (χ3v) is 8.18. The zero-order valence-corrected chi connectivity index (χ0v) is 24.2. The van der Waals surface area contributed by atoms with Gasteiger partial charge in [-0.2, -0.15) is 5.21 Å². The van der Waals surface area contributed by atoms with Crippen molar-refractivity contribution in [1.82, 2.24) is 35.2 Å². The number of ketones is 1. The first-order chi connectivity index (χ1) is 20.7. The monoisotopic (exact) mass is 573 g/mol. The maximum atomic E-state index is 13.3. The highest BCUT2D eigenvalue weighted by atomic mass is 32.1. The van der Waals surface area contributed by atoms with Crippen LogP contribution in [0.3, 0.4) is 0 Å². The topological polar surface area (TPSA) is 102 Å². The lowest BCUT2D eigenvalue weighted by Gasteiger charge is -2.14. The van der Waals surface area contributed by atoms with Gasteiger partial charge in [0.25, 0.3) is 0 Å². The van der Waals surface area contributed by atoms with Crippen molar-refractivity contribution in [2.24, 2.45) is 0 Å². The van der Waals surface area contributed by atoms with Gasteiger partial charge in [0.05, 0.1) is 5.01 Å². The summed E-state index contributed by atoms with van der Waals surface area (Å²) in [5.41, 5.74) is 7.42. The van der Waals surface area contributed by atoms with E-state index in [1.54, 1.807) is 17.5 Å². The molecule has 42 heavy (non-hydrogen) atoms. The van der Waals surface area contributed by atoms with Gasteiger partial charge in [-0.3, -0.25) is 4.79 Å². The summed E-state index contributed by atoms with van der Waals surface area (Å²) < 4.78 is 2.09. The van der Waals surface area contributed by atoms with Crippen LogP contribution >= 0.6 is 11.3 Å². The average molecular weight is 574 g/mol. The maximum Gasteiger partial charge on any atom is 0.205 e. The first kappa shape index (κ1) is 27.4.